The molecule has 6 heteroatoms. The molecular formula is C13H24N4O2. The van der Waals surface area contributed by atoms with Crippen LogP contribution in [0.1, 0.15) is 23.4 Å². The normalized spacial score (nSPS) is 10.7. The fraction of sp³-hybridized carbons (Fsp3) is 0.692. The van der Waals surface area contributed by atoms with Crippen molar-refractivity contribution in [3.05, 3.63) is 17.0 Å². The van der Waals surface area contributed by atoms with Crippen LogP contribution in [0.4, 0.5) is 0 Å². The third-order valence-electron chi connectivity index (χ3n) is 3.03. The summed E-state index contributed by atoms with van der Waals surface area (Å²) in [6, 6.07) is 0. The molecule has 108 valence electrons. The van der Waals surface area contributed by atoms with Gasteiger partial charge < -0.3 is 15.4 Å². The Hall–Kier alpha value is -1.40. The Labute approximate surface area is 114 Å². The van der Waals surface area contributed by atoms with Gasteiger partial charge >= 0.3 is 0 Å². The van der Waals surface area contributed by atoms with E-state index >= 15 is 0 Å². The maximum Gasteiger partial charge on any atom is 0.241 e. The van der Waals surface area contributed by atoms with Crippen molar-refractivity contribution in [1.29, 1.82) is 0 Å². The first-order valence-electron chi connectivity index (χ1n) is 6.53. The molecule has 0 aromatic carbocycles. The Morgan fingerprint density at radius 2 is 2.16 bits per heavy atom. The fourth-order valence-corrected chi connectivity index (χ4v) is 1.96. The van der Waals surface area contributed by atoms with E-state index in [-0.39, 0.29) is 12.5 Å². The Balaban J connectivity index is 2.52. The molecule has 1 heterocycles. The third kappa shape index (κ3) is 4.65. The molecule has 0 saturated heterocycles. The molecule has 2 N–H and O–H groups in total. The Morgan fingerprint density at radius 3 is 2.79 bits per heavy atom. The minimum atomic E-state index is -0.0160. The van der Waals surface area contributed by atoms with Crippen LogP contribution >= 0.6 is 0 Å². The molecule has 0 aliphatic rings. The number of methoxy groups -OCH3 is 1. The molecule has 0 aliphatic heterocycles. The second-order valence-electron chi connectivity index (χ2n) is 4.53. The number of hydrogen-bond acceptors (Lipinski definition) is 4. The fourth-order valence-electron chi connectivity index (χ4n) is 1.96. The Morgan fingerprint density at radius 1 is 1.42 bits per heavy atom. The minimum absolute atomic E-state index is 0.0160. The average Bonchev–Trinajstić information content (AvgIpc) is 2.63. The number of nitrogens with zero attached hydrogens (tertiary/aromatic N) is 2. The molecule has 1 aromatic heterocycles. The lowest BCUT2D eigenvalue weighted by Gasteiger charge is -2.07. The van der Waals surface area contributed by atoms with E-state index in [1.54, 1.807) is 11.8 Å². The van der Waals surface area contributed by atoms with Gasteiger partial charge in [0.2, 0.25) is 5.91 Å². The summed E-state index contributed by atoms with van der Waals surface area (Å²) in [6.45, 7) is 6.29. The predicted octanol–water partition coefficient (Wildman–Crippen LogP) is 0.372. The monoisotopic (exact) mass is 268 g/mol. The van der Waals surface area contributed by atoms with Crippen LogP contribution in [0.5, 0.6) is 0 Å². The first-order valence-corrected chi connectivity index (χ1v) is 6.53. The van der Waals surface area contributed by atoms with E-state index in [4.69, 9.17) is 4.74 Å². The highest BCUT2D eigenvalue weighted by molar-refractivity contribution is 5.75. The van der Waals surface area contributed by atoms with Gasteiger partial charge in [-0.05, 0) is 27.3 Å². The van der Waals surface area contributed by atoms with Crippen molar-refractivity contribution in [3.8, 4) is 0 Å². The molecule has 0 bridgehead atoms. The molecule has 0 unspecified atom stereocenters. The number of hydrogen-bond donors (Lipinski definition) is 2. The van der Waals surface area contributed by atoms with E-state index in [1.165, 1.54) is 0 Å². The van der Waals surface area contributed by atoms with E-state index < -0.39 is 0 Å². The molecule has 19 heavy (non-hydrogen) atoms. The number of ether oxygens (including phenoxy) is 1. The number of carbonyl (C=O) groups is 1. The predicted molar refractivity (Wildman–Crippen MR) is 74.0 cm³/mol. The summed E-state index contributed by atoms with van der Waals surface area (Å²) < 4.78 is 6.69. The van der Waals surface area contributed by atoms with Crippen molar-refractivity contribution in [2.24, 2.45) is 0 Å². The zero-order chi connectivity index (χ0) is 14.3. The summed E-state index contributed by atoms with van der Waals surface area (Å²) in [7, 11) is 3.56. The van der Waals surface area contributed by atoms with Gasteiger partial charge in [-0.1, -0.05) is 0 Å². The number of carbonyl (C=O) groups excluding carboxylic acids is 1. The lowest BCUT2D eigenvalue weighted by molar-refractivity contribution is -0.121. The van der Waals surface area contributed by atoms with Gasteiger partial charge in [-0.2, -0.15) is 5.10 Å². The maximum absolute atomic E-state index is 11.8. The van der Waals surface area contributed by atoms with E-state index in [9.17, 15) is 4.79 Å². The van der Waals surface area contributed by atoms with Gasteiger partial charge in [-0.15, -0.1) is 0 Å². The number of aromatic nitrogens is 2. The highest BCUT2D eigenvalue weighted by atomic mass is 16.5. The molecule has 1 rings (SSSR count). The van der Waals surface area contributed by atoms with E-state index in [0.717, 1.165) is 29.9 Å². The van der Waals surface area contributed by atoms with Crippen LogP contribution in [0.15, 0.2) is 0 Å². The maximum atomic E-state index is 11.8. The van der Waals surface area contributed by atoms with Crippen molar-refractivity contribution in [2.75, 3.05) is 27.3 Å². The van der Waals surface area contributed by atoms with Crippen molar-refractivity contribution < 1.29 is 9.53 Å². The third-order valence-corrected chi connectivity index (χ3v) is 3.03. The summed E-state index contributed by atoms with van der Waals surface area (Å²) in [5, 5.41) is 10.4. The standard InChI is InChI=1S/C13H24N4O2/c1-10-12(8-14-3)11(2)17(16-10)9-13(18)15-6-5-7-19-4/h14H,5-9H2,1-4H3,(H,15,18). The smallest absolute Gasteiger partial charge is 0.241 e. The summed E-state index contributed by atoms with van der Waals surface area (Å²) in [5.74, 6) is -0.0160. The zero-order valence-electron chi connectivity index (χ0n) is 12.2. The lowest BCUT2D eigenvalue weighted by atomic mass is 10.2. The lowest BCUT2D eigenvalue weighted by Crippen LogP contribution is -2.29. The van der Waals surface area contributed by atoms with Gasteiger partial charge in [-0.3, -0.25) is 9.48 Å². The molecule has 1 aromatic rings. The van der Waals surface area contributed by atoms with Gasteiger partial charge in [0.1, 0.15) is 6.54 Å². The van der Waals surface area contributed by atoms with Gasteiger partial charge in [0.05, 0.1) is 5.69 Å². The van der Waals surface area contributed by atoms with Crippen molar-refractivity contribution in [2.45, 2.75) is 33.4 Å². The second kappa shape index (κ2) is 7.91. The molecular weight excluding hydrogens is 244 g/mol. The topological polar surface area (TPSA) is 68.2 Å². The van der Waals surface area contributed by atoms with Crippen molar-refractivity contribution >= 4 is 5.91 Å². The van der Waals surface area contributed by atoms with Gasteiger partial charge in [0.15, 0.2) is 0 Å². The molecule has 1 amide bonds. The number of aryl methyl sites for hydroxylation is 1. The van der Waals surface area contributed by atoms with Crippen molar-refractivity contribution in [1.82, 2.24) is 20.4 Å². The van der Waals surface area contributed by atoms with E-state index in [0.29, 0.717) is 13.2 Å². The molecule has 0 fully saturated rings. The second-order valence-corrected chi connectivity index (χ2v) is 4.53. The molecule has 0 saturated carbocycles. The average molecular weight is 268 g/mol. The van der Waals surface area contributed by atoms with Gasteiger partial charge in [-0.25, -0.2) is 0 Å². The molecule has 0 spiro atoms. The zero-order valence-corrected chi connectivity index (χ0v) is 12.2. The minimum Gasteiger partial charge on any atom is -0.385 e. The Kier molecular flexibility index (Phi) is 6.52. The first-order chi connectivity index (χ1) is 9.10. The van der Waals surface area contributed by atoms with Crippen LogP contribution in [0.3, 0.4) is 0 Å². The van der Waals surface area contributed by atoms with Crippen LogP contribution in [-0.4, -0.2) is 43.0 Å². The quantitative estimate of drug-likeness (QED) is 0.669. The van der Waals surface area contributed by atoms with Crippen LogP contribution in [-0.2, 0) is 22.6 Å². The molecule has 6 nitrogen and oxygen atoms in total. The SMILES string of the molecule is CNCc1c(C)nn(CC(=O)NCCCOC)c1C. The number of nitrogens with one attached hydrogen (secondary N) is 2. The van der Waals surface area contributed by atoms with Gasteiger partial charge in [0, 0.05) is 38.1 Å². The number of rotatable bonds is 8. The summed E-state index contributed by atoms with van der Waals surface area (Å²) in [6.07, 6.45) is 0.824. The first kappa shape index (κ1) is 15.7. The van der Waals surface area contributed by atoms with Crippen molar-refractivity contribution in [3.63, 3.8) is 0 Å². The van der Waals surface area contributed by atoms with E-state index in [2.05, 4.69) is 15.7 Å². The van der Waals surface area contributed by atoms with E-state index in [1.807, 2.05) is 20.9 Å². The highest BCUT2D eigenvalue weighted by Crippen LogP contribution is 2.12. The summed E-state index contributed by atoms with van der Waals surface area (Å²) in [4.78, 5) is 11.8. The van der Waals surface area contributed by atoms with Crippen LogP contribution in [0.2, 0.25) is 0 Å². The molecule has 0 atom stereocenters. The van der Waals surface area contributed by atoms with Crippen LogP contribution in [0, 0.1) is 13.8 Å². The van der Waals surface area contributed by atoms with Gasteiger partial charge in [0.25, 0.3) is 0 Å². The summed E-state index contributed by atoms with van der Waals surface area (Å²) in [5.41, 5.74) is 3.17. The highest BCUT2D eigenvalue weighted by Gasteiger charge is 2.12. The number of amides is 1. The molecule has 0 aliphatic carbocycles. The Bertz CT molecular complexity index is 415. The summed E-state index contributed by atoms with van der Waals surface area (Å²) >= 11 is 0. The van der Waals surface area contributed by atoms with Crippen LogP contribution < -0.4 is 10.6 Å². The largest absolute Gasteiger partial charge is 0.385 e. The molecule has 0 radical (unpaired) electrons. The van der Waals surface area contributed by atoms with Crippen LogP contribution in [0.25, 0.3) is 0 Å².